The van der Waals surface area contributed by atoms with Crippen LogP contribution in [0.5, 0.6) is 5.75 Å². The minimum absolute atomic E-state index is 0.0104. The number of ether oxygens (including phenoxy) is 1. The van der Waals surface area contributed by atoms with Crippen LogP contribution in [0.15, 0.2) is 30.0 Å². The molecule has 0 radical (unpaired) electrons. The molecule has 162 valence electrons. The van der Waals surface area contributed by atoms with Crippen LogP contribution in [0, 0.1) is 5.92 Å². The van der Waals surface area contributed by atoms with E-state index in [0.717, 1.165) is 57.2 Å². The molecule has 4 rings (SSSR count). The largest absolute Gasteiger partial charge is 0.496 e. The van der Waals surface area contributed by atoms with Crippen LogP contribution >= 0.6 is 0 Å². The summed E-state index contributed by atoms with van der Waals surface area (Å²) in [5.74, 6) is 1.08. The zero-order chi connectivity index (χ0) is 21.1. The normalized spacial score (nSPS) is 22.5. The molecule has 1 aromatic carbocycles. The van der Waals surface area contributed by atoms with E-state index < -0.39 is 0 Å². The van der Waals surface area contributed by atoms with Crippen molar-refractivity contribution in [2.75, 3.05) is 20.2 Å². The molecule has 0 bridgehead atoms. The third-order valence-corrected chi connectivity index (χ3v) is 7.01. The van der Waals surface area contributed by atoms with E-state index in [4.69, 9.17) is 4.74 Å². The fourth-order valence-corrected chi connectivity index (χ4v) is 5.18. The van der Waals surface area contributed by atoms with E-state index >= 15 is 0 Å². The van der Waals surface area contributed by atoms with E-state index in [0.29, 0.717) is 22.9 Å². The first-order chi connectivity index (χ1) is 14.6. The van der Waals surface area contributed by atoms with Crippen LogP contribution in [0.3, 0.4) is 0 Å². The lowest BCUT2D eigenvalue weighted by Gasteiger charge is -2.33. The molecule has 5 heteroatoms. The molecule has 0 aromatic heterocycles. The molecule has 1 aliphatic carbocycles. The van der Waals surface area contributed by atoms with Crippen molar-refractivity contribution in [1.29, 1.82) is 0 Å². The Morgan fingerprint density at radius 1 is 0.867 bits per heavy atom. The number of methoxy groups -OCH3 is 1. The quantitative estimate of drug-likeness (QED) is 0.680. The van der Waals surface area contributed by atoms with Crippen molar-refractivity contribution in [3.8, 4) is 5.75 Å². The molecule has 2 aliphatic heterocycles. The van der Waals surface area contributed by atoms with Crippen LogP contribution < -0.4 is 4.74 Å². The van der Waals surface area contributed by atoms with Gasteiger partial charge < -0.3 is 9.64 Å². The van der Waals surface area contributed by atoms with Crippen molar-refractivity contribution < 1.29 is 14.3 Å². The van der Waals surface area contributed by atoms with Gasteiger partial charge in [-0.15, -0.1) is 0 Å². The lowest BCUT2D eigenvalue weighted by molar-refractivity contribution is -0.140. The minimum atomic E-state index is -0.135. The van der Waals surface area contributed by atoms with Crippen molar-refractivity contribution in [3.05, 3.63) is 35.5 Å². The molecule has 0 atom stereocenters. The Morgan fingerprint density at radius 3 is 2.17 bits per heavy atom. The highest BCUT2D eigenvalue weighted by molar-refractivity contribution is 6.36. The number of hydrogen-bond donors (Lipinski definition) is 0. The number of hydrogen-bond acceptors (Lipinski definition) is 4. The second-order valence-electron chi connectivity index (χ2n) is 9.07. The van der Waals surface area contributed by atoms with Gasteiger partial charge in [-0.3, -0.25) is 14.5 Å². The maximum Gasteiger partial charge on any atom is 0.278 e. The van der Waals surface area contributed by atoms with E-state index in [-0.39, 0.29) is 17.9 Å². The first kappa shape index (κ1) is 21.0. The second kappa shape index (κ2) is 9.23. The highest BCUT2D eigenvalue weighted by Crippen LogP contribution is 2.39. The van der Waals surface area contributed by atoms with Gasteiger partial charge in [0, 0.05) is 24.7 Å². The van der Waals surface area contributed by atoms with Gasteiger partial charge >= 0.3 is 0 Å². The number of carbonyl (C=O) groups is 2. The fraction of sp³-hybridized carbons (Fsp3) is 0.600. The summed E-state index contributed by atoms with van der Waals surface area (Å²) < 4.78 is 5.58. The van der Waals surface area contributed by atoms with Gasteiger partial charge in [0.05, 0.1) is 12.7 Å². The maximum atomic E-state index is 13.8. The summed E-state index contributed by atoms with van der Waals surface area (Å²) in [5.41, 5.74) is 1.87. The molecular formula is C25H34N2O3. The molecule has 1 saturated heterocycles. The number of benzene rings is 1. The number of imide groups is 1. The first-order valence-corrected chi connectivity index (χ1v) is 11.6. The van der Waals surface area contributed by atoms with Crippen molar-refractivity contribution in [1.82, 2.24) is 9.80 Å². The number of amides is 2. The van der Waals surface area contributed by atoms with Gasteiger partial charge in [-0.25, -0.2) is 0 Å². The molecule has 1 aromatic rings. The Balaban J connectivity index is 1.74. The van der Waals surface area contributed by atoms with Gasteiger partial charge in [-0.2, -0.15) is 0 Å². The first-order valence-electron chi connectivity index (χ1n) is 11.6. The maximum absolute atomic E-state index is 13.8. The van der Waals surface area contributed by atoms with Gasteiger partial charge in [0.1, 0.15) is 11.4 Å². The molecule has 3 aliphatic rings. The van der Waals surface area contributed by atoms with Crippen molar-refractivity contribution in [3.63, 3.8) is 0 Å². The molecule has 0 spiro atoms. The summed E-state index contributed by atoms with van der Waals surface area (Å²) in [7, 11) is 1.62. The van der Waals surface area contributed by atoms with Crippen molar-refractivity contribution in [2.24, 2.45) is 5.92 Å². The zero-order valence-corrected chi connectivity index (χ0v) is 18.4. The summed E-state index contributed by atoms with van der Waals surface area (Å²) in [6, 6.07) is 7.61. The third kappa shape index (κ3) is 3.99. The average Bonchev–Trinajstić information content (AvgIpc) is 2.99. The molecule has 2 amide bonds. The number of rotatable bonds is 4. The van der Waals surface area contributed by atoms with E-state index in [1.807, 2.05) is 24.3 Å². The SMILES string of the molecule is COc1ccccc1C1=C(N2CCC(C)CC2)C(=O)N(C2CCCCCCC2)C1=O. The summed E-state index contributed by atoms with van der Waals surface area (Å²) in [4.78, 5) is 31.3. The number of nitrogens with zero attached hydrogens (tertiary/aromatic N) is 2. The van der Waals surface area contributed by atoms with Crippen LogP contribution in [0.2, 0.25) is 0 Å². The summed E-state index contributed by atoms with van der Waals surface area (Å²) in [5, 5.41) is 0. The molecule has 0 unspecified atom stereocenters. The molecule has 2 fully saturated rings. The van der Waals surface area contributed by atoms with Gasteiger partial charge in [-0.05, 0) is 37.7 Å². The van der Waals surface area contributed by atoms with Gasteiger partial charge in [0.25, 0.3) is 11.8 Å². The number of carbonyl (C=O) groups excluding carboxylic acids is 2. The van der Waals surface area contributed by atoms with Crippen LogP contribution in [0.25, 0.3) is 5.57 Å². The molecular weight excluding hydrogens is 376 g/mol. The van der Waals surface area contributed by atoms with E-state index in [9.17, 15) is 9.59 Å². The Labute approximate surface area is 180 Å². The monoisotopic (exact) mass is 410 g/mol. The smallest absolute Gasteiger partial charge is 0.278 e. The molecule has 0 N–H and O–H groups in total. The third-order valence-electron chi connectivity index (χ3n) is 7.01. The van der Waals surface area contributed by atoms with E-state index in [1.54, 1.807) is 12.0 Å². The van der Waals surface area contributed by atoms with Gasteiger partial charge in [0.2, 0.25) is 0 Å². The van der Waals surface area contributed by atoms with Crippen molar-refractivity contribution >= 4 is 17.4 Å². The summed E-state index contributed by atoms with van der Waals surface area (Å²) in [6.45, 7) is 3.91. The number of likely N-dealkylation sites (tertiary alicyclic amines) is 1. The van der Waals surface area contributed by atoms with E-state index in [1.165, 1.54) is 19.3 Å². The predicted molar refractivity (Wildman–Crippen MR) is 118 cm³/mol. The van der Waals surface area contributed by atoms with Crippen molar-refractivity contribution in [2.45, 2.75) is 70.8 Å². The average molecular weight is 411 g/mol. The Hall–Kier alpha value is -2.30. The van der Waals surface area contributed by atoms with Crippen LogP contribution in [-0.2, 0) is 9.59 Å². The number of piperidine rings is 1. The molecule has 5 nitrogen and oxygen atoms in total. The lowest BCUT2D eigenvalue weighted by Crippen LogP contribution is -2.43. The lowest BCUT2D eigenvalue weighted by atomic mass is 9.95. The van der Waals surface area contributed by atoms with Gasteiger partial charge in [0.15, 0.2) is 0 Å². The molecule has 30 heavy (non-hydrogen) atoms. The standard InChI is InChI=1S/C25H34N2O3/c1-18-14-16-26(17-15-18)23-22(20-12-8-9-13-21(20)30-2)24(28)27(25(23)29)19-10-6-4-3-5-7-11-19/h8-9,12-13,18-19H,3-7,10-11,14-17H2,1-2H3. The minimum Gasteiger partial charge on any atom is -0.496 e. The predicted octanol–water partition coefficient (Wildman–Crippen LogP) is 4.62. The Kier molecular flexibility index (Phi) is 6.45. The molecule has 1 saturated carbocycles. The topological polar surface area (TPSA) is 49.9 Å². The highest BCUT2D eigenvalue weighted by atomic mass is 16.5. The highest BCUT2D eigenvalue weighted by Gasteiger charge is 2.45. The summed E-state index contributed by atoms with van der Waals surface area (Å²) >= 11 is 0. The second-order valence-corrected chi connectivity index (χ2v) is 9.07. The van der Waals surface area contributed by atoms with Crippen LogP contribution in [-0.4, -0.2) is 47.9 Å². The van der Waals surface area contributed by atoms with E-state index in [2.05, 4.69) is 11.8 Å². The Bertz CT molecular complexity index is 815. The van der Waals surface area contributed by atoms with Crippen LogP contribution in [0.1, 0.15) is 70.3 Å². The molecule has 2 heterocycles. The summed E-state index contributed by atoms with van der Waals surface area (Å²) in [6.07, 6.45) is 9.75. The number of para-hydroxylation sites is 1. The zero-order valence-electron chi connectivity index (χ0n) is 18.4. The Morgan fingerprint density at radius 2 is 1.50 bits per heavy atom. The van der Waals surface area contributed by atoms with Gasteiger partial charge in [-0.1, -0.05) is 57.2 Å². The van der Waals surface area contributed by atoms with Crippen LogP contribution in [0.4, 0.5) is 0 Å². The fourth-order valence-electron chi connectivity index (χ4n) is 5.18.